The van der Waals surface area contributed by atoms with Crippen LogP contribution in [0.4, 0.5) is 0 Å². The number of carboxylic acids is 1. The van der Waals surface area contributed by atoms with E-state index in [0.717, 1.165) is 25.1 Å². The van der Waals surface area contributed by atoms with Gasteiger partial charge in [0.25, 0.3) is 0 Å². The van der Waals surface area contributed by atoms with Crippen molar-refractivity contribution >= 4 is 12.0 Å². The molecular formula is C15H16N2O2. The molecule has 1 aromatic carbocycles. The molecule has 0 spiro atoms. The zero-order chi connectivity index (χ0) is 13.4. The highest BCUT2D eigenvalue weighted by molar-refractivity contribution is 5.88. The second-order valence-corrected chi connectivity index (χ2v) is 5.02. The summed E-state index contributed by atoms with van der Waals surface area (Å²) in [4.78, 5) is 15.3. The molecule has 2 aliphatic rings. The average molecular weight is 256 g/mol. The minimum absolute atomic E-state index is 0.352. The van der Waals surface area contributed by atoms with E-state index in [2.05, 4.69) is 22.1 Å². The summed E-state index contributed by atoms with van der Waals surface area (Å²) in [5.41, 5.74) is 3.86. The molecule has 1 N–H and O–H groups in total. The van der Waals surface area contributed by atoms with Gasteiger partial charge in [-0.1, -0.05) is 6.07 Å². The second-order valence-electron chi connectivity index (χ2n) is 5.02. The Bertz CT molecular complexity index is 590. The van der Waals surface area contributed by atoms with Gasteiger partial charge in [-0.05, 0) is 42.2 Å². The molecular weight excluding hydrogens is 240 g/mol. The maximum absolute atomic E-state index is 11.0. The SMILES string of the molecule is CN1C=CN(C2=Cc3cc(C(=O)O)ccc3CC2)C1. The summed E-state index contributed by atoms with van der Waals surface area (Å²) in [5.74, 6) is -0.871. The van der Waals surface area contributed by atoms with E-state index in [4.69, 9.17) is 5.11 Å². The van der Waals surface area contributed by atoms with E-state index in [1.807, 2.05) is 19.3 Å². The Morgan fingerprint density at radius 2 is 2.11 bits per heavy atom. The Labute approximate surface area is 112 Å². The summed E-state index contributed by atoms with van der Waals surface area (Å²) in [6.45, 7) is 0.861. The zero-order valence-corrected chi connectivity index (χ0v) is 10.8. The van der Waals surface area contributed by atoms with Gasteiger partial charge in [0.05, 0.1) is 12.2 Å². The molecule has 4 heteroatoms. The first-order chi connectivity index (χ1) is 9.13. The molecule has 0 atom stereocenters. The van der Waals surface area contributed by atoms with E-state index in [-0.39, 0.29) is 0 Å². The van der Waals surface area contributed by atoms with Crippen LogP contribution < -0.4 is 0 Å². The fraction of sp³-hybridized carbons (Fsp3) is 0.267. The van der Waals surface area contributed by atoms with Gasteiger partial charge in [-0.3, -0.25) is 0 Å². The number of aryl methyl sites for hydroxylation is 1. The summed E-state index contributed by atoms with van der Waals surface area (Å²) >= 11 is 0. The van der Waals surface area contributed by atoms with Gasteiger partial charge in [-0.25, -0.2) is 4.79 Å². The molecule has 0 amide bonds. The second kappa shape index (κ2) is 4.46. The summed E-state index contributed by atoms with van der Waals surface area (Å²) in [7, 11) is 2.04. The quantitative estimate of drug-likeness (QED) is 0.882. The maximum Gasteiger partial charge on any atom is 0.335 e. The van der Waals surface area contributed by atoms with Crippen molar-refractivity contribution in [1.29, 1.82) is 0 Å². The number of aromatic carboxylic acids is 1. The Kier molecular flexibility index (Phi) is 2.78. The first-order valence-electron chi connectivity index (χ1n) is 6.35. The number of hydrogen-bond donors (Lipinski definition) is 1. The minimum atomic E-state index is -0.871. The molecule has 0 radical (unpaired) electrons. The molecule has 98 valence electrons. The lowest BCUT2D eigenvalue weighted by molar-refractivity contribution is 0.0697. The number of hydrogen-bond acceptors (Lipinski definition) is 3. The number of allylic oxidation sites excluding steroid dienone is 1. The van der Waals surface area contributed by atoms with Crippen molar-refractivity contribution in [2.45, 2.75) is 12.8 Å². The molecule has 19 heavy (non-hydrogen) atoms. The third-order valence-electron chi connectivity index (χ3n) is 3.61. The normalized spacial score (nSPS) is 17.4. The van der Waals surface area contributed by atoms with Crippen LogP contribution in [0.25, 0.3) is 6.08 Å². The predicted octanol–water partition coefficient (Wildman–Crippen LogP) is 2.35. The van der Waals surface area contributed by atoms with Crippen LogP contribution in [0, 0.1) is 0 Å². The zero-order valence-electron chi connectivity index (χ0n) is 10.8. The van der Waals surface area contributed by atoms with Gasteiger partial charge in [-0.2, -0.15) is 0 Å². The number of rotatable bonds is 2. The highest BCUT2D eigenvalue weighted by atomic mass is 16.4. The van der Waals surface area contributed by atoms with Crippen molar-refractivity contribution in [2.24, 2.45) is 0 Å². The third-order valence-corrected chi connectivity index (χ3v) is 3.61. The van der Waals surface area contributed by atoms with Crippen LogP contribution in [0.3, 0.4) is 0 Å². The molecule has 0 fully saturated rings. The molecule has 0 unspecified atom stereocenters. The minimum Gasteiger partial charge on any atom is -0.478 e. The van der Waals surface area contributed by atoms with Gasteiger partial charge < -0.3 is 14.9 Å². The summed E-state index contributed by atoms with van der Waals surface area (Å²) in [5, 5.41) is 9.05. The fourth-order valence-electron chi connectivity index (χ4n) is 2.55. The maximum atomic E-state index is 11.0. The van der Waals surface area contributed by atoms with Gasteiger partial charge in [0.1, 0.15) is 0 Å². The molecule has 1 aliphatic heterocycles. The van der Waals surface area contributed by atoms with Gasteiger partial charge in [-0.15, -0.1) is 0 Å². The third kappa shape index (κ3) is 2.21. The van der Waals surface area contributed by atoms with Crippen LogP contribution in [0.5, 0.6) is 0 Å². The van der Waals surface area contributed by atoms with Crippen LogP contribution in [0.1, 0.15) is 27.9 Å². The van der Waals surface area contributed by atoms with Crippen molar-refractivity contribution in [3.05, 3.63) is 53.0 Å². The average Bonchev–Trinajstić information content (AvgIpc) is 2.84. The molecule has 1 aromatic rings. The number of benzene rings is 1. The first-order valence-corrected chi connectivity index (χ1v) is 6.35. The molecule has 0 saturated carbocycles. The molecule has 3 rings (SSSR count). The highest BCUT2D eigenvalue weighted by Crippen LogP contribution is 2.28. The topological polar surface area (TPSA) is 43.8 Å². The lowest BCUT2D eigenvalue weighted by atomic mass is 9.93. The van der Waals surface area contributed by atoms with Crippen LogP contribution in [-0.2, 0) is 6.42 Å². The first kappa shape index (κ1) is 11.8. The number of carboxylic acid groups (broad SMARTS) is 1. The van der Waals surface area contributed by atoms with E-state index in [0.29, 0.717) is 5.56 Å². The van der Waals surface area contributed by atoms with E-state index >= 15 is 0 Å². The standard InChI is InChI=1S/C15H16N2O2/c1-16-6-7-17(10-16)14-5-4-11-2-3-12(15(18)19)8-13(11)9-14/h2-3,6-9H,4-5,10H2,1H3,(H,18,19). The van der Waals surface area contributed by atoms with Crippen LogP contribution >= 0.6 is 0 Å². The van der Waals surface area contributed by atoms with E-state index in [1.165, 1.54) is 11.3 Å². The molecule has 4 nitrogen and oxygen atoms in total. The van der Waals surface area contributed by atoms with Crippen molar-refractivity contribution in [3.63, 3.8) is 0 Å². The highest BCUT2D eigenvalue weighted by Gasteiger charge is 2.18. The fourth-order valence-corrected chi connectivity index (χ4v) is 2.55. The largest absolute Gasteiger partial charge is 0.478 e. The van der Waals surface area contributed by atoms with Crippen molar-refractivity contribution in [1.82, 2.24) is 9.80 Å². The van der Waals surface area contributed by atoms with Crippen molar-refractivity contribution < 1.29 is 9.90 Å². The number of nitrogens with zero attached hydrogens (tertiary/aromatic N) is 2. The number of carbonyl (C=O) groups is 1. The predicted molar refractivity (Wildman–Crippen MR) is 73.3 cm³/mol. The van der Waals surface area contributed by atoms with Crippen LogP contribution in [0.15, 0.2) is 36.3 Å². The molecule has 0 aromatic heterocycles. The van der Waals surface area contributed by atoms with E-state index in [9.17, 15) is 4.79 Å². The monoisotopic (exact) mass is 256 g/mol. The smallest absolute Gasteiger partial charge is 0.335 e. The Morgan fingerprint density at radius 3 is 2.79 bits per heavy atom. The lowest BCUT2D eigenvalue weighted by Gasteiger charge is -2.25. The van der Waals surface area contributed by atoms with Crippen molar-refractivity contribution in [2.75, 3.05) is 13.7 Å². The number of fused-ring (bicyclic) bond motifs is 1. The van der Waals surface area contributed by atoms with E-state index < -0.39 is 5.97 Å². The molecule has 1 heterocycles. The van der Waals surface area contributed by atoms with Gasteiger partial charge >= 0.3 is 5.97 Å². The van der Waals surface area contributed by atoms with E-state index in [1.54, 1.807) is 12.1 Å². The lowest BCUT2D eigenvalue weighted by Crippen LogP contribution is -2.23. The van der Waals surface area contributed by atoms with Gasteiger partial charge in [0, 0.05) is 25.1 Å². The van der Waals surface area contributed by atoms with Gasteiger partial charge in [0.15, 0.2) is 0 Å². The Balaban J connectivity index is 1.93. The Morgan fingerprint density at radius 1 is 1.26 bits per heavy atom. The molecule has 0 saturated heterocycles. The molecule has 1 aliphatic carbocycles. The summed E-state index contributed by atoms with van der Waals surface area (Å²) in [6, 6.07) is 5.38. The molecule has 0 bridgehead atoms. The Hall–Kier alpha value is -2.23. The van der Waals surface area contributed by atoms with Crippen molar-refractivity contribution in [3.8, 4) is 0 Å². The van der Waals surface area contributed by atoms with Gasteiger partial charge in [0.2, 0.25) is 0 Å². The summed E-state index contributed by atoms with van der Waals surface area (Å²) < 4.78 is 0. The van der Waals surface area contributed by atoms with Crippen LogP contribution in [-0.4, -0.2) is 34.6 Å². The summed E-state index contributed by atoms with van der Waals surface area (Å²) in [6.07, 6.45) is 8.18. The van der Waals surface area contributed by atoms with Crippen LogP contribution in [0.2, 0.25) is 0 Å².